The molecule has 78 valence electrons. The predicted octanol–water partition coefficient (Wildman–Crippen LogP) is 1.02. The van der Waals surface area contributed by atoms with Crippen LogP contribution < -0.4 is 5.73 Å². The molecule has 0 fully saturated rings. The first-order valence-corrected chi connectivity index (χ1v) is 4.25. The van der Waals surface area contributed by atoms with Crippen LogP contribution >= 0.6 is 0 Å². The smallest absolute Gasteiger partial charge is 0.253 e. The minimum Gasteiger partial charge on any atom is -0.515 e. The number of aromatic nitrogens is 1. The van der Waals surface area contributed by atoms with Gasteiger partial charge in [0.25, 0.3) is 5.91 Å². The quantitative estimate of drug-likeness (QED) is 0.438. The Labute approximate surface area is 87.0 Å². The van der Waals surface area contributed by atoms with Crippen molar-refractivity contribution in [3.8, 4) is 0 Å². The van der Waals surface area contributed by atoms with E-state index in [1.807, 2.05) is 13.0 Å². The Morgan fingerprint density at radius 2 is 2.33 bits per heavy atom. The maximum Gasteiger partial charge on any atom is 0.253 e. The third kappa shape index (κ3) is 3.22. The van der Waals surface area contributed by atoms with Crippen molar-refractivity contribution in [1.29, 1.82) is 0 Å². The number of hydrogen-bond acceptors (Lipinski definition) is 4. The van der Waals surface area contributed by atoms with Gasteiger partial charge in [-0.15, -0.1) is 0 Å². The minimum absolute atomic E-state index is 0.0710. The van der Waals surface area contributed by atoms with Crippen molar-refractivity contribution in [1.82, 2.24) is 4.98 Å². The average molecular weight is 205 g/mol. The molecule has 1 heterocycles. The number of nitrogens with two attached hydrogens (primary N) is 1. The number of primary amides is 1. The van der Waals surface area contributed by atoms with E-state index in [-0.39, 0.29) is 5.57 Å². The molecule has 0 atom stereocenters. The van der Waals surface area contributed by atoms with E-state index in [2.05, 4.69) is 9.98 Å². The molecule has 0 spiro atoms. The molecule has 5 heteroatoms. The van der Waals surface area contributed by atoms with Crippen molar-refractivity contribution in [3.05, 3.63) is 35.7 Å². The molecular formula is C10H11N3O2. The van der Waals surface area contributed by atoms with Crippen LogP contribution in [0, 0.1) is 6.92 Å². The molecule has 0 saturated carbocycles. The highest BCUT2D eigenvalue weighted by molar-refractivity contribution is 6.11. The Balaban J connectivity index is 2.86. The third-order valence-corrected chi connectivity index (χ3v) is 1.63. The molecule has 0 aromatic carbocycles. The van der Waals surface area contributed by atoms with E-state index in [1.165, 1.54) is 6.21 Å². The molecule has 3 N–H and O–H groups in total. The number of amides is 1. The fourth-order valence-electron chi connectivity index (χ4n) is 0.897. The van der Waals surface area contributed by atoms with Crippen LogP contribution in [0.2, 0.25) is 0 Å². The van der Waals surface area contributed by atoms with Gasteiger partial charge in [0.05, 0.1) is 11.8 Å². The summed E-state index contributed by atoms with van der Waals surface area (Å²) in [5.41, 5.74) is 5.71. The van der Waals surface area contributed by atoms with Gasteiger partial charge in [-0.1, -0.05) is 6.07 Å². The molecule has 5 nitrogen and oxygen atoms in total. The fraction of sp³-hybridized carbons (Fsp3) is 0.100. The summed E-state index contributed by atoms with van der Waals surface area (Å²) in [6.07, 6.45) is 1.78. The molecule has 1 rings (SSSR count). The number of nitrogens with zero attached hydrogens (tertiary/aromatic N) is 2. The van der Waals surface area contributed by atoms with Gasteiger partial charge in [0.2, 0.25) is 0 Å². The summed E-state index contributed by atoms with van der Waals surface area (Å²) in [4.78, 5) is 18.7. The van der Waals surface area contributed by atoms with Crippen molar-refractivity contribution in [2.75, 3.05) is 0 Å². The summed E-state index contributed by atoms with van der Waals surface area (Å²) in [6.45, 7) is 1.83. The number of pyridine rings is 1. The van der Waals surface area contributed by atoms with E-state index in [9.17, 15) is 4.79 Å². The standard InChI is InChI=1S/C10H11N3O2/c1-7-3-2-4-9(13-7)12-5-8(6-14)10(11)15/h2-6,14H,1H3,(H2,11,15)/b8-6+,12-5+. The van der Waals surface area contributed by atoms with Crippen molar-refractivity contribution in [2.45, 2.75) is 6.92 Å². The van der Waals surface area contributed by atoms with E-state index in [0.29, 0.717) is 12.1 Å². The number of carbonyl (C=O) groups excluding carboxylic acids is 1. The Morgan fingerprint density at radius 1 is 1.60 bits per heavy atom. The molecular weight excluding hydrogens is 194 g/mol. The zero-order chi connectivity index (χ0) is 11.3. The topological polar surface area (TPSA) is 88.6 Å². The number of aliphatic imine (C=N–C) groups is 1. The lowest BCUT2D eigenvalue weighted by molar-refractivity contribution is -0.114. The van der Waals surface area contributed by atoms with Gasteiger partial charge in [-0.05, 0) is 19.1 Å². The number of aliphatic hydroxyl groups is 1. The zero-order valence-corrected chi connectivity index (χ0v) is 8.21. The van der Waals surface area contributed by atoms with Crippen molar-refractivity contribution < 1.29 is 9.90 Å². The van der Waals surface area contributed by atoms with Gasteiger partial charge in [-0.2, -0.15) is 0 Å². The van der Waals surface area contributed by atoms with Crippen molar-refractivity contribution in [2.24, 2.45) is 10.7 Å². The number of aryl methyl sites for hydroxylation is 1. The Morgan fingerprint density at radius 3 is 2.87 bits per heavy atom. The van der Waals surface area contributed by atoms with Crippen LogP contribution in [0.15, 0.2) is 35.0 Å². The van der Waals surface area contributed by atoms with Gasteiger partial charge in [0.1, 0.15) is 0 Å². The van der Waals surface area contributed by atoms with Gasteiger partial charge in [0.15, 0.2) is 5.82 Å². The lowest BCUT2D eigenvalue weighted by Crippen LogP contribution is -2.14. The minimum atomic E-state index is -0.742. The van der Waals surface area contributed by atoms with E-state index in [0.717, 1.165) is 5.69 Å². The molecule has 0 aliphatic rings. The molecule has 0 aliphatic carbocycles. The number of carbonyl (C=O) groups is 1. The van der Waals surface area contributed by atoms with E-state index < -0.39 is 5.91 Å². The van der Waals surface area contributed by atoms with Crippen LogP contribution in [-0.4, -0.2) is 22.2 Å². The largest absolute Gasteiger partial charge is 0.515 e. The van der Waals surface area contributed by atoms with Crippen LogP contribution in [-0.2, 0) is 4.79 Å². The molecule has 1 amide bonds. The summed E-state index contributed by atoms with van der Waals surface area (Å²) < 4.78 is 0. The maximum atomic E-state index is 10.7. The van der Waals surface area contributed by atoms with Gasteiger partial charge < -0.3 is 10.8 Å². The maximum absolute atomic E-state index is 10.7. The highest BCUT2D eigenvalue weighted by atomic mass is 16.2. The highest BCUT2D eigenvalue weighted by Gasteiger charge is 2.00. The lowest BCUT2D eigenvalue weighted by Gasteiger charge is -1.95. The van der Waals surface area contributed by atoms with Crippen molar-refractivity contribution in [3.63, 3.8) is 0 Å². The predicted molar refractivity (Wildman–Crippen MR) is 57.0 cm³/mol. The molecule has 1 aromatic rings. The molecule has 0 aliphatic heterocycles. The molecule has 0 bridgehead atoms. The molecule has 0 radical (unpaired) electrons. The van der Waals surface area contributed by atoms with E-state index >= 15 is 0 Å². The summed E-state index contributed by atoms with van der Waals surface area (Å²) >= 11 is 0. The van der Waals surface area contributed by atoms with Gasteiger partial charge >= 0.3 is 0 Å². The number of rotatable bonds is 3. The van der Waals surface area contributed by atoms with Crippen LogP contribution in [0.25, 0.3) is 0 Å². The Kier molecular flexibility index (Phi) is 3.56. The first-order valence-electron chi connectivity index (χ1n) is 4.25. The molecule has 1 aromatic heterocycles. The first kappa shape index (κ1) is 10.9. The summed E-state index contributed by atoms with van der Waals surface area (Å²) in [7, 11) is 0. The normalized spacial score (nSPS) is 11.9. The Bertz CT molecular complexity index is 424. The molecule has 0 saturated heterocycles. The number of aliphatic hydroxyl groups excluding tert-OH is 1. The highest BCUT2D eigenvalue weighted by Crippen LogP contribution is 2.07. The monoisotopic (exact) mass is 205 g/mol. The van der Waals surface area contributed by atoms with Crippen molar-refractivity contribution >= 4 is 17.9 Å². The second kappa shape index (κ2) is 4.90. The summed E-state index contributed by atoms with van der Waals surface area (Å²) in [5.74, 6) is -0.287. The number of hydrogen-bond donors (Lipinski definition) is 2. The second-order valence-corrected chi connectivity index (χ2v) is 2.84. The summed E-state index contributed by atoms with van der Waals surface area (Å²) in [6, 6.07) is 5.30. The zero-order valence-electron chi connectivity index (χ0n) is 8.21. The van der Waals surface area contributed by atoms with E-state index in [1.54, 1.807) is 12.1 Å². The molecule has 15 heavy (non-hydrogen) atoms. The van der Waals surface area contributed by atoms with Crippen LogP contribution in [0.1, 0.15) is 5.69 Å². The average Bonchev–Trinajstić information content (AvgIpc) is 2.18. The Hall–Kier alpha value is -2.17. The first-order chi connectivity index (χ1) is 7.13. The van der Waals surface area contributed by atoms with Gasteiger partial charge in [-0.3, -0.25) is 4.79 Å². The second-order valence-electron chi connectivity index (χ2n) is 2.84. The van der Waals surface area contributed by atoms with Crippen LogP contribution in [0.4, 0.5) is 5.82 Å². The van der Waals surface area contributed by atoms with Gasteiger partial charge in [0, 0.05) is 11.9 Å². The van der Waals surface area contributed by atoms with Crippen LogP contribution in [0.3, 0.4) is 0 Å². The van der Waals surface area contributed by atoms with Gasteiger partial charge in [-0.25, -0.2) is 9.98 Å². The fourth-order valence-corrected chi connectivity index (χ4v) is 0.897. The molecule has 0 unspecified atom stereocenters. The van der Waals surface area contributed by atoms with Crippen LogP contribution in [0.5, 0.6) is 0 Å². The SMILES string of the molecule is Cc1cccc(/N=C/C(=C\O)C(N)=O)n1. The van der Waals surface area contributed by atoms with E-state index in [4.69, 9.17) is 10.8 Å². The third-order valence-electron chi connectivity index (χ3n) is 1.63. The lowest BCUT2D eigenvalue weighted by atomic mass is 10.3. The summed E-state index contributed by atoms with van der Waals surface area (Å²) in [5, 5.41) is 8.65.